The Kier molecular flexibility index (Phi) is 3.43. The highest BCUT2D eigenvalue weighted by Gasteiger charge is 2.36. The van der Waals surface area contributed by atoms with Gasteiger partial charge in [0.25, 0.3) is 0 Å². The van der Waals surface area contributed by atoms with E-state index in [1.807, 2.05) is 0 Å². The molecule has 0 unspecified atom stereocenters. The van der Waals surface area contributed by atoms with Crippen LogP contribution >= 0.6 is 0 Å². The summed E-state index contributed by atoms with van der Waals surface area (Å²) in [5.74, 6) is -3.02. The molecule has 6 heteroatoms. The maximum absolute atomic E-state index is 12.3. The molecular formula is C9H10FNO4. The molecule has 1 aliphatic carbocycles. The van der Waals surface area contributed by atoms with E-state index in [2.05, 4.69) is 5.32 Å². The normalized spacial score (nSPS) is 23.5. The molecule has 0 saturated heterocycles. The van der Waals surface area contributed by atoms with Crippen molar-refractivity contribution in [2.45, 2.75) is 18.6 Å². The van der Waals surface area contributed by atoms with Crippen molar-refractivity contribution in [3.63, 3.8) is 0 Å². The van der Waals surface area contributed by atoms with E-state index in [0.29, 0.717) is 6.42 Å². The van der Waals surface area contributed by atoms with Gasteiger partial charge >= 0.3 is 11.9 Å². The van der Waals surface area contributed by atoms with Gasteiger partial charge in [0.15, 0.2) is 0 Å². The smallest absolute Gasteiger partial charge is 0.343 e. The minimum absolute atomic E-state index is 0.229. The van der Waals surface area contributed by atoms with E-state index in [4.69, 9.17) is 10.2 Å². The third-order valence-corrected chi connectivity index (χ3v) is 1.84. The lowest BCUT2D eigenvalue weighted by molar-refractivity contribution is -0.140. The lowest BCUT2D eigenvalue weighted by Gasteiger charge is -1.93. The van der Waals surface area contributed by atoms with E-state index in [-0.39, 0.29) is 6.04 Å². The first-order chi connectivity index (χ1) is 7.02. The number of halogens is 1. The van der Waals surface area contributed by atoms with E-state index in [1.165, 1.54) is 12.3 Å². The number of nitrogens with one attached hydrogen (secondary N) is 1. The largest absolute Gasteiger partial charge is 0.477 e. The molecular weight excluding hydrogens is 205 g/mol. The quantitative estimate of drug-likeness (QED) is 0.265. The molecule has 1 aliphatic rings. The van der Waals surface area contributed by atoms with Crippen molar-refractivity contribution < 1.29 is 24.2 Å². The molecule has 2 atom stereocenters. The van der Waals surface area contributed by atoms with Crippen LogP contribution < -0.4 is 5.32 Å². The summed E-state index contributed by atoms with van der Waals surface area (Å²) in [5, 5.41) is 19.5. The van der Waals surface area contributed by atoms with Crippen LogP contribution in [0.5, 0.6) is 0 Å². The number of aliphatic carboxylic acids is 2. The average molecular weight is 215 g/mol. The van der Waals surface area contributed by atoms with E-state index < -0.39 is 23.7 Å². The van der Waals surface area contributed by atoms with Gasteiger partial charge in [0.2, 0.25) is 0 Å². The molecule has 0 amide bonds. The Hall–Kier alpha value is -1.85. The van der Waals surface area contributed by atoms with Crippen LogP contribution in [0, 0.1) is 0 Å². The molecule has 0 bridgehead atoms. The fourth-order valence-corrected chi connectivity index (χ4v) is 0.894. The second-order valence-electron chi connectivity index (χ2n) is 3.07. The Morgan fingerprint density at radius 2 is 1.87 bits per heavy atom. The van der Waals surface area contributed by atoms with Gasteiger partial charge in [-0.15, -0.1) is 0 Å². The van der Waals surface area contributed by atoms with Crippen LogP contribution in [0.3, 0.4) is 0 Å². The predicted molar refractivity (Wildman–Crippen MR) is 48.9 cm³/mol. The van der Waals surface area contributed by atoms with Gasteiger partial charge < -0.3 is 15.5 Å². The number of alkyl halides is 1. The zero-order chi connectivity index (χ0) is 11.4. The van der Waals surface area contributed by atoms with Crippen LogP contribution in [0.25, 0.3) is 0 Å². The number of carbonyl (C=O) groups is 2. The van der Waals surface area contributed by atoms with Crippen molar-refractivity contribution in [2.75, 3.05) is 0 Å². The molecule has 3 N–H and O–H groups in total. The number of carboxylic acids is 2. The predicted octanol–water partition coefficient (Wildman–Crippen LogP) is 0.296. The number of hydrogen-bond acceptors (Lipinski definition) is 3. The van der Waals surface area contributed by atoms with Gasteiger partial charge in [-0.05, 0) is 18.4 Å². The van der Waals surface area contributed by atoms with E-state index in [9.17, 15) is 14.0 Å². The minimum atomic E-state index is -1.51. The van der Waals surface area contributed by atoms with Crippen molar-refractivity contribution in [1.82, 2.24) is 5.32 Å². The average Bonchev–Trinajstić information content (AvgIpc) is 2.80. The maximum atomic E-state index is 12.3. The maximum Gasteiger partial charge on any atom is 0.343 e. The lowest BCUT2D eigenvalue weighted by Crippen LogP contribution is -2.12. The van der Waals surface area contributed by atoms with Gasteiger partial charge in [0.05, 0.1) is 6.04 Å². The second kappa shape index (κ2) is 4.59. The van der Waals surface area contributed by atoms with Crippen LogP contribution in [0.15, 0.2) is 23.9 Å². The molecule has 5 nitrogen and oxygen atoms in total. The number of hydrogen-bond donors (Lipinski definition) is 3. The van der Waals surface area contributed by atoms with Gasteiger partial charge in [0.1, 0.15) is 11.7 Å². The first kappa shape index (κ1) is 11.2. The fourth-order valence-electron chi connectivity index (χ4n) is 0.894. The summed E-state index contributed by atoms with van der Waals surface area (Å²) in [5.41, 5.74) is -0.736. The summed E-state index contributed by atoms with van der Waals surface area (Å²) >= 11 is 0. The standard InChI is InChI=1S/C9H10FNO4/c10-6-4-7(6)11-3-1-2-5(8(12)13)9(14)15/h1-3,6-7,11H,4H2,(H,12,13)(H,14,15)/b3-1+/t6-,7+/m1/s1. The van der Waals surface area contributed by atoms with Gasteiger partial charge in [0, 0.05) is 6.42 Å². The summed E-state index contributed by atoms with van der Waals surface area (Å²) < 4.78 is 12.3. The van der Waals surface area contributed by atoms with Crippen molar-refractivity contribution >= 4 is 11.9 Å². The third-order valence-electron chi connectivity index (χ3n) is 1.84. The van der Waals surface area contributed by atoms with Crippen LogP contribution in [-0.4, -0.2) is 34.4 Å². The monoisotopic (exact) mass is 215 g/mol. The third kappa shape index (κ3) is 3.41. The van der Waals surface area contributed by atoms with Gasteiger partial charge in [-0.25, -0.2) is 14.0 Å². The van der Waals surface area contributed by atoms with Crippen LogP contribution in [0.2, 0.25) is 0 Å². The lowest BCUT2D eigenvalue weighted by atomic mass is 10.2. The molecule has 15 heavy (non-hydrogen) atoms. The topological polar surface area (TPSA) is 86.6 Å². The Morgan fingerprint density at radius 3 is 2.27 bits per heavy atom. The summed E-state index contributed by atoms with van der Waals surface area (Å²) in [4.78, 5) is 20.7. The number of allylic oxidation sites excluding steroid dienone is 2. The molecule has 0 heterocycles. The molecule has 1 saturated carbocycles. The van der Waals surface area contributed by atoms with Crippen LogP contribution in [0.1, 0.15) is 6.42 Å². The molecule has 1 fully saturated rings. The Balaban J connectivity index is 2.45. The van der Waals surface area contributed by atoms with Crippen LogP contribution in [0.4, 0.5) is 4.39 Å². The molecule has 0 aliphatic heterocycles. The summed E-state index contributed by atoms with van der Waals surface area (Å²) in [7, 11) is 0. The van der Waals surface area contributed by atoms with E-state index in [0.717, 1.165) is 6.08 Å². The number of rotatable bonds is 5. The fraction of sp³-hybridized carbons (Fsp3) is 0.333. The number of carboxylic acid groups (broad SMARTS) is 2. The van der Waals surface area contributed by atoms with Crippen molar-refractivity contribution in [2.24, 2.45) is 0 Å². The Bertz CT molecular complexity index is 321. The highest BCUT2D eigenvalue weighted by molar-refractivity contribution is 6.12. The van der Waals surface area contributed by atoms with E-state index in [1.54, 1.807) is 0 Å². The summed E-state index contributed by atoms with van der Waals surface area (Å²) in [6.45, 7) is 0. The van der Waals surface area contributed by atoms with E-state index >= 15 is 0 Å². The molecule has 0 aromatic carbocycles. The SMILES string of the molecule is O=C(O)C(=C/C=C/N[C@H]1C[C@H]1F)C(=O)O. The first-order valence-corrected chi connectivity index (χ1v) is 4.26. The Labute approximate surface area is 84.9 Å². The highest BCUT2D eigenvalue weighted by atomic mass is 19.1. The highest BCUT2D eigenvalue weighted by Crippen LogP contribution is 2.24. The zero-order valence-electron chi connectivity index (χ0n) is 7.68. The molecule has 0 spiro atoms. The molecule has 0 aromatic heterocycles. The van der Waals surface area contributed by atoms with Crippen LogP contribution in [-0.2, 0) is 9.59 Å². The van der Waals surface area contributed by atoms with Gasteiger partial charge in [-0.2, -0.15) is 0 Å². The second-order valence-corrected chi connectivity index (χ2v) is 3.07. The van der Waals surface area contributed by atoms with Crippen molar-refractivity contribution in [1.29, 1.82) is 0 Å². The van der Waals surface area contributed by atoms with Crippen molar-refractivity contribution in [3.8, 4) is 0 Å². The Morgan fingerprint density at radius 1 is 1.33 bits per heavy atom. The van der Waals surface area contributed by atoms with Gasteiger partial charge in [-0.3, -0.25) is 0 Å². The zero-order valence-corrected chi connectivity index (χ0v) is 7.68. The first-order valence-electron chi connectivity index (χ1n) is 4.26. The summed E-state index contributed by atoms with van der Waals surface area (Å²) in [6.07, 6.45) is 3.06. The summed E-state index contributed by atoms with van der Waals surface area (Å²) in [6, 6.07) is -0.229. The van der Waals surface area contributed by atoms with Gasteiger partial charge in [-0.1, -0.05) is 0 Å². The van der Waals surface area contributed by atoms with Crippen molar-refractivity contribution in [3.05, 3.63) is 23.9 Å². The molecule has 0 radical (unpaired) electrons. The molecule has 82 valence electrons. The molecule has 1 rings (SSSR count). The minimum Gasteiger partial charge on any atom is -0.477 e. The molecule has 0 aromatic rings.